The van der Waals surface area contributed by atoms with Crippen LogP contribution in [0.4, 0.5) is 0 Å². The Labute approximate surface area is 107 Å². The molecule has 0 spiro atoms. The van der Waals surface area contributed by atoms with Gasteiger partial charge < -0.3 is 14.6 Å². The van der Waals surface area contributed by atoms with Crippen molar-refractivity contribution in [3.05, 3.63) is 53.9 Å². The molecule has 1 N–H and O–H groups in total. The van der Waals surface area contributed by atoms with Crippen LogP contribution in [0.15, 0.2) is 47.1 Å². The normalized spacial score (nSPS) is 10.7. The Morgan fingerprint density at radius 3 is 2.83 bits per heavy atom. The lowest BCUT2D eigenvalue weighted by Gasteiger charge is -2.05. The molecule has 0 saturated carbocycles. The molecule has 4 heteroatoms. The number of nitrogens with one attached hydrogen (secondary N) is 1. The molecule has 1 aromatic carbocycles. The molecule has 0 aliphatic rings. The SMILES string of the molecule is c1ccc(CNCCCOCc2ccno2)cc1. The highest BCUT2D eigenvalue weighted by atomic mass is 16.5. The van der Waals surface area contributed by atoms with Gasteiger partial charge in [0.1, 0.15) is 6.61 Å². The van der Waals surface area contributed by atoms with E-state index in [1.54, 1.807) is 6.20 Å². The number of hydrogen-bond donors (Lipinski definition) is 1. The van der Waals surface area contributed by atoms with Gasteiger partial charge in [-0.3, -0.25) is 0 Å². The summed E-state index contributed by atoms with van der Waals surface area (Å²) in [5, 5.41) is 7.00. The Morgan fingerprint density at radius 1 is 1.17 bits per heavy atom. The van der Waals surface area contributed by atoms with Gasteiger partial charge in [0.2, 0.25) is 0 Å². The van der Waals surface area contributed by atoms with Crippen molar-refractivity contribution < 1.29 is 9.26 Å². The number of benzene rings is 1. The van der Waals surface area contributed by atoms with Crippen molar-refractivity contribution >= 4 is 0 Å². The van der Waals surface area contributed by atoms with E-state index >= 15 is 0 Å². The van der Waals surface area contributed by atoms with Crippen LogP contribution in [0.3, 0.4) is 0 Å². The lowest BCUT2D eigenvalue weighted by molar-refractivity contribution is 0.0990. The molecule has 0 unspecified atom stereocenters. The molecule has 0 radical (unpaired) electrons. The smallest absolute Gasteiger partial charge is 0.162 e. The van der Waals surface area contributed by atoms with Crippen molar-refractivity contribution in [1.82, 2.24) is 10.5 Å². The van der Waals surface area contributed by atoms with Gasteiger partial charge in [0, 0.05) is 19.2 Å². The van der Waals surface area contributed by atoms with Crippen LogP contribution in [0.5, 0.6) is 0 Å². The van der Waals surface area contributed by atoms with Gasteiger partial charge in [-0.05, 0) is 18.5 Å². The average Bonchev–Trinajstić information content (AvgIpc) is 2.92. The summed E-state index contributed by atoms with van der Waals surface area (Å²) < 4.78 is 10.4. The quantitative estimate of drug-likeness (QED) is 0.726. The van der Waals surface area contributed by atoms with Crippen LogP contribution in [-0.2, 0) is 17.9 Å². The first-order chi connectivity index (χ1) is 8.95. The molecule has 96 valence electrons. The van der Waals surface area contributed by atoms with Crippen molar-refractivity contribution in [1.29, 1.82) is 0 Å². The van der Waals surface area contributed by atoms with Crippen molar-refractivity contribution in [3.63, 3.8) is 0 Å². The molecule has 18 heavy (non-hydrogen) atoms. The van der Waals surface area contributed by atoms with E-state index in [-0.39, 0.29) is 0 Å². The molecule has 2 rings (SSSR count). The van der Waals surface area contributed by atoms with Crippen LogP contribution >= 0.6 is 0 Å². The van der Waals surface area contributed by atoms with Crippen LogP contribution < -0.4 is 5.32 Å². The van der Waals surface area contributed by atoms with Crippen LogP contribution in [0, 0.1) is 0 Å². The minimum atomic E-state index is 0.499. The van der Waals surface area contributed by atoms with Gasteiger partial charge in [-0.15, -0.1) is 0 Å². The maximum absolute atomic E-state index is 5.46. The largest absolute Gasteiger partial charge is 0.373 e. The second kappa shape index (κ2) is 7.63. The van der Waals surface area contributed by atoms with Gasteiger partial charge in [0.25, 0.3) is 0 Å². The zero-order valence-corrected chi connectivity index (χ0v) is 10.3. The van der Waals surface area contributed by atoms with Crippen molar-refractivity contribution in [2.75, 3.05) is 13.2 Å². The standard InChI is InChI=1S/C14H18N2O2/c1-2-5-13(6-3-1)11-15-8-4-10-17-12-14-7-9-16-18-14/h1-3,5-7,9,15H,4,8,10-12H2. The van der Waals surface area contributed by atoms with E-state index in [4.69, 9.17) is 9.26 Å². The molecular weight excluding hydrogens is 228 g/mol. The fourth-order valence-electron chi connectivity index (χ4n) is 1.62. The van der Waals surface area contributed by atoms with E-state index in [0.717, 1.165) is 31.9 Å². The second-order valence-corrected chi connectivity index (χ2v) is 4.05. The lowest BCUT2D eigenvalue weighted by Crippen LogP contribution is -2.16. The minimum absolute atomic E-state index is 0.499. The first-order valence-corrected chi connectivity index (χ1v) is 6.17. The maximum Gasteiger partial charge on any atom is 0.162 e. The number of hydrogen-bond acceptors (Lipinski definition) is 4. The second-order valence-electron chi connectivity index (χ2n) is 4.05. The monoisotopic (exact) mass is 246 g/mol. The molecule has 0 bridgehead atoms. The van der Waals surface area contributed by atoms with Crippen molar-refractivity contribution in [2.45, 2.75) is 19.6 Å². The zero-order valence-electron chi connectivity index (χ0n) is 10.3. The van der Waals surface area contributed by atoms with Crippen LogP contribution in [0.1, 0.15) is 17.7 Å². The summed E-state index contributed by atoms with van der Waals surface area (Å²) >= 11 is 0. The number of nitrogens with zero attached hydrogens (tertiary/aromatic N) is 1. The molecular formula is C14H18N2O2. The van der Waals surface area contributed by atoms with E-state index in [9.17, 15) is 0 Å². The van der Waals surface area contributed by atoms with Crippen molar-refractivity contribution in [2.24, 2.45) is 0 Å². The summed E-state index contributed by atoms with van der Waals surface area (Å²) in [5.74, 6) is 0.771. The molecule has 4 nitrogen and oxygen atoms in total. The van der Waals surface area contributed by atoms with E-state index < -0.39 is 0 Å². The summed E-state index contributed by atoms with van der Waals surface area (Å²) in [5.41, 5.74) is 1.31. The van der Waals surface area contributed by atoms with Crippen LogP contribution in [-0.4, -0.2) is 18.3 Å². The first kappa shape index (κ1) is 12.8. The van der Waals surface area contributed by atoms with Gasteiger partial charge in [-0.25, -0.2) is 0 Å². The molecule has 0 atom stereocenters. The number of rotatable bonds is 8. The summed E-state index contributed by atoms with van der Waals surface area (Å²) in [4.78, 5) is 0. The van der Waals surface area contributed by atoms with E-state index in [0.29, 0.717) is 6.61 Å². The summed E-state index contributed by atoms with van der Waals surface area (Å²) in [6.07, 6.45) is 2.61. The molecule has 0 aliphatic heterocycles. The molecule has 0 aliphatic carbocycles. The molecule has 1 heterocycles. The third-order valence-corrected chi connectivity index (χ3v) is 2.55. The van der Waals surface area contributed by atoms with Gasteiger partial charge >= 0.3 is 0 Å². The Balaban J connectivity index is 1.47. The average molecular weight is 246 g/mol. The zero-order chi connectivity index (χ0) is 12.5. The minimum Gasteiger partial charge on any atom is -0.373 e. The molecule has 0 amide bonds. The fraction of sp³-hybridized carbons (Fsp3) is 0.357. The van der Waals surface area contributed by atoms with E-state index in [1.807, 2.05) is 12.1 Å². The van der Waals surface area contributed by atoms with E-state index in [2.05, 4.69) is 34.7 Å². The summed E-state index contributed by atoms with van der Waals surface area (Å²) in [6, 6.07) is 12.2. The highest BCUT2D eigenvalue weighted by Gasteiger charge is 1.96. The Kier molecular flexibility index (Phi) is 5.43. The molecule has 1 aromatic heterocycles. The highest BCUT2D eigenvalue weighted by molar-refractivity contribution is 5.14. The lowest BCUT2D eigenvalue weighted by atomic mass is 10.2. The van der Waals surface area contributed by atoms with Crippen molar-refractivity contribution in [3.8, 4) is 0 Å². The number of ether oxygens (including phenoxy) is 1. The van der Waals surface area contributed by atoms with Gasteiger partial charge in [-0.1, -0.05) is 35.5 Å². The van der Waals surface area contributed by atoms with Crippen LogP contribution in [0.2, 0.25) is 0 Å². The predicted octanol–water partition coefficient (Wildman–Crippen LogP) is 2.37. The molecule has 2 aromatic rings. The topological polar surface area (TPSA) is 47.3 Å². The Hall–Kier alpha value is -1.65. The summed E-state index contributed by atoms with van der Waals surface area (Å²) in [7, 11) is 0. The fourth-order valence-corrected chi connectivity index (χ4v) is 1.62. The van der Waals surface area contributed by atoms with Crippen LogP contribution in [0.25, 0.3) is 0 Å². The highest BCUT2D eigenvalue weighted by Crippen LogP contribution is 1.99. The van der Waals surface area contributed by atoms with Gasteiger partial charge in [-0.2, -0.15) is 0 Å². The first-order valence-electron chi connectivity index (χ1n) is 6.17. The van der Waals surface area contributed by atoms with Gasteiger partial charge in [0.15, 0.2) is 5.76 Å². The maximum atomic E-state index is 5.46. The predicted molar refractivity (Wildman–Crippen MR) is 68.9 cm³/mol. The van der Waals surface area contributed by atoms with Gasteiger partial charge in [0.05, 0.1) is 6.20 Å². The molecule has 0 fully saturated rings. The molecule has 0 saturated heterocycles. The third kappa shape index (κ3) is 4.69. The summed E-state index contributed by atoms with van der Waals surface area (Å²) in [6.45, 7) is 3.08. The third-order valence-electron chi connectivity index (χ3n) is 2.55. The Bertz CT molecular complexity index is 415. The van der Waals surface area contributed by atoms with E-state index in [1.165, 1.54) is 5.56 Å². The Morgan fingerprint density at radius 2 is 2.06 bits per heavy atom. The number of aromatic nitrogens is 1.